The fourth-order valence-electron chi connectivity index (χ4n) is 1.66. The Kier molecular flexibility index (Phi) is 2.65. The van der Waals surface area contributed by atoms with Gasteiger partial charge in [-0.15, -0.1) is 0 Å². The lowest BCUT2D eigenvalue weighted by atomic mass is 10.2. The minimum absolute atomic E-state index is 0.204. The van der Waals surface area contributed by atoms with Crippen molar-refractivity contribution in [2.45, 2.75) is 19.6 Å². The summed E-state index contributed by atoms with van der Waals surface area (Å²) in [5, 5.41) is 0. The average molecular weight is 242 g/mol. The summed E-state index contributed by atoms with van der Waals surface area (Å²) in [6, 6.07) is 3.18. The zero-order valence-electron chi connectivity index (χ0n) is 8.95. The summed E-state index contributed by atoms with van der Waals surface area (Å²) in [5.41, 5.74) is -0.604. The van der Waals surface area contributed by atoms with Gasteiger partial charge in [0, 0.05) is 6.54 Å². The number of fused-ring (bicyclic) bond motifs is 1. The van der Waals surface area contributed by atoms with Crippen LogP contribution in [-0.4, -0.2) is 9.55 Å². The first-order chi connectivity index (χ1) is 7.93. The Morgan fingerprint density at radius 2 is 2.06 bits per heavy atom. The van der Waals surface area contributed by atoms with E-state index < -0.39 is 17.3 Å². The molecule has 0 radical (unpaired) electrons. The lowest BCUT2D eigenvalue weighted by molar-refractivity contribution is -0.137. The Labute approximate surface area is 94.5 Å². The first kappa shape index (κ1) is 11.6. The van der Waals surface area contributed by atoms with Gasteiger partial charge in [-0.05, 0) is 25.1 Å². The van der Waals surface area contributed by atoms with Crippen molar-refractivity contribution < 1.29 is 13.2 Å². The normalized spacial score (nSPS) is 12.0. The van der Waals surface area contributed by atoms with Crippen LogP contribution in [0.4, 0.5) is 13.2 Å². The molecule has 0 fully saturated rings. The van der Waals surface area contributed by atoms with Crippen LogP contribution in [0.5, 0.6) is 0 Å². The summed E-state index contributed by atoms with van der Waals surface area (Å²) < 4.78 is 38.9. The van der Waals surface area contributed by atoms with E-state index in [0.717, 1.165) is 18.3 Å². The molecule has 0 aliphatic heterocycles. The van der Waals surface area contributed by atoms with Crippen molar-refractivity contribution in [1.82, 2.24) is 9.55 Å². The van der Waals surface area contributed by atoms with E-state index in [4.69, 9.17) is 0 Å². The summed E-state index contributed by atoms with van der Waals surface area (Å²) in [4.78, 5) is 15.3. The molecule has 0 spiro atoms. The van der Waals surface area contributed by atoms with Crippen LogP contribution in [0.25, 0.3) is 11.0 Å². The largest absolute Gasteiger partial charge is 0.416 e. The molecule has 0 bridgehead atoms. The van der Waals surface area contributed by atoms with Crippen molar-refractivity contribution >= 4 is 11.0 Å². The highest BCUT2D eigenvalue weighted by molar-refractivity contribution is 5.75. The Hall–Kier alpha value is -1.85. The lowest BCUT2D eigenvalue weighted by Gasteiger charge is -2.10. The third kappa shape index (κ3) is 2.02. The fraction of sp³-hybridized carbons (Fsp3) is 0.273. The second-order valence-corrected chi connectivity index (χ2v) is 3.54. The number of halogens is 3. The highest BCUT2D eigenvalue weighted by Gasteiger charge is 2.30. The SMILES string of the molecule is CCn1c(=O)cnc2ccc(C(F)(F)F)cc21. The highest BCUT2D eigenvalue weighted by Crippen LogP contribution is 2.30. The molecule has 0 saturated heterocycles. The van der Waals surface area contributed by atoms with Gasteiger partial charge in [0.15, 0.2) is 0 Å². The van der Waals surface area contributed by atoms with Crippen LogP contribution >= 0.6 is 0 Å². The van der Waals surface area contributed by atoms with Gasteiger partial charge in [-0.3, -0.25) is 4.79 Å². The fourth-order valence-corrected chi connectivity index (χ4v) is 1.66. The molecule has 0 amide bonds. The predicted molar refractivity (Wildman–Crippen MR) is 56.7 cm³/mol. The highest BCUT2D eigenvalue weighted by atomic mass is 19.4. The molecule has 0 N–H and O–H groups in total. The van der Waals surface area contributed by atoms with Crippen molar-refractivity contribution in [1.29, 1.82) is 0 Å². The van der Waals surface area contributed by atoms with Crippen molar-refractivity contribution in [2.75, 3.05) is 0 Å². The molecule has 2 aromatic rings. The number of hydrogen-bond acceptors (Lipinski definition) is 2. The van der Waals surface area contributed by atoms with E-state index in [-0.39, 0.29) is 5.52 Å². The van der Waals surface area contributed by atoms with Gasteiger partial charge in [-0.1, -0.05) is 0 Å². The summed E-state index contributed by atoms with van der Waals surface area (Å²) in [5.74, 6) is 0. The van der Waals surface area contributed by atoms with Crippen LogP contribution in [0, 0.1) is 0 Å². The molecule has 2 rings (SSSR count). The van der Waals surface area contributed by atoms with Gasteiger partial charge in [0.1, 0.15) is 0 Å². The molecule has 90 valence electrons. The molecule has 17 heavy (non-hydrogen) atoms. The van der Waals surface area contributed by atoms with E-state index in [1.165, 1.54) is 10.6 Å². The molecule has 0 saturated carbocycles. The molecule has 0 aliphatic carbocycles. The molecule has 0 atom stereocenters. The number of alkyl halides is 3. The Morgan fingerprint density at radius 3 is 2.65 bits per heavy atom. The standard InChI is InChI=1S/C11H9F3N2O/c1-2-16-9-5-7(11(12,13)14)3-4-8(9)15-6-10(16)17/h3-6H,2H2,1H3. The van der Waals surface area contributed by atoms with E-state index in [2.05, 4.69) is 4.98 Å². The summed E-state index contributed by atoms with van der Waals surface area (Å²) in [6.07, 6.45) is -3.31. The van der Waals surface area contributed by atoms with E-state index in [1.54, 1.807) is 6.92 Å². The summed E-state index contributed by atoms with van der Waals surface area (Å²) in [6.45, 7) is 2.00. The molecule has 1 aromatic heterocycles. The van der Waals surface area contributed by atoms with Gasteiger partial charge >= 0.3 is 6.18 Å². The topological polar surface area (TPSA) is 34.9 Å². The van der Waals surface area contributed by atoms with Crippen molar-refractivity contribution in [3.05, 3.63) is 40.3 Å². The van der Waals surface area contributed by atoms with Gasteiger partial charge in [-0.25, -0.2) is 4.98 Å². The van der Waals surface area contributed by atoms with Gasteiger partial charge in [0.2, 0.25) is 0 Å². The first-order valence-electron chi connectivity index (χ1n) is 5.00. The van der Waals surface area contributed by atoms with Gasteiger partial charge in [0.25, 0.3) is 5.56 Å². The molecule has 0 aliphatic rings. The quantitative estimate of drug-likeness (QED) is 0.769. The maximum absolute atomic E-state index is 12.5. The average Bonchev–Trinajstić information content (AvgIpc) is 2.27. The zero-order chi connectivity index (χ0) is 12.6. The smallest absolute Gasteiger partial charge is 0.306 e. The van der Waals surface area contributed by atoms with Crippen LogP contribution < -0.4 is 5.56 Å². The lowest BCUT2D eigenvalue weighted by Crippen LogP contribution is -2.19. The number of rotatable bonds is 1. The maximum Gasteiger partial charge on any atom is 0.416 e. The molecule has 6 heteroatoms. The minimum Gasteiger partial charge on any atom is -0.306 e. The Balaban J connectivity index is 2.79. The van der Waals surface area contributed by atoms with Crippen molar-refractivity contribution in [2.24, 2.45) is 0 Å². The summed E-state index contributed by atoms with van der Waals surface area (Å²) >= 11 is 0. The number of aryl methyl sites for hydroxylation is 1. The van der Waals surface area contributed by atoms with E-state index in [9.17, 15) is 18.0 Å². The second kappa shape index (κ2) is 3.87. The maximum atomic E-state index is 12.5. The number of nitrogens with zero attached hydrogens (tertiary/aromatic N) is 2. The third-order valence-electron chi connectivity index (χ3n) is 2.49. The molecular weight excluding hydrogens is 233 g/mol. The van der Waals surface area contributed by atoms with E-state index in [0.29, 0.717) is 12.1 Å². The number of hydrogen-bond donors (Lipinski definition) is 0. The van der Waals surface area contributed by atoms with Gasteiger partial charge in [-0.2, -0.15) is 13.2 Å². The molecule has 1 heterocycles. The summed E-state index contributed by atoms with van der Waals surface area (Å²) in [7, 11) is 0. The molecule has 3 nitrogen and oxygen atoms in total. The third-order valence-corrected chi connectivity index (χ3v) is 2.49. The number of benzene rings is 1. The second-order valence-electron chi connectivity index (χ2n) is 3.54. The molecule has 1 aromatic carbocycles. The Bertz CT molecular complexity index is 616. The van der Waals surface area contributed by atoms with Crippen LogP contribution in [0.15, 0.2) is 29.2 Å². The zero-order valence-corrected chi connectivity index (χ0v) is 8.95. The number of aromatic nitrogens is 2. The van der Waals surface area contributed by atoms with E-state index >= 15 is 0 Å². The van der Waals surface area contributed by atoms with Crippen LogP contribution in [0.1, 0.15) is 12.5 Å². The van der Waals surface area contributed by atoms with E-state index in [1.807, 2.05) is 0 Å². The van der Waals surface area contributed by atoms with Crippen LogP contribution in [-0.2, 0) is 12.7 Å². The van der Waals surface area contributed by atoms with Gasteiger partial charge in [0.05, 0.1) is 22.8 Å². The first-order valence-corrected chi connectivity index (χ1v) is 5.00. The monoisotopic (exact) mass is 242 g/mol. The minimum atomic E-state index is -4.42. The predicted octanol–water partition coefficient (Wildman–Crippen LogP) is 2.44. The van der Waals surface area contributed by atoms with Gasteiger partial charge < -0.3 is 4.57 Å². The molecular formula is C11H9F3N2O. The van der Waals surface area contributed by atoms with Crippen molar-refractivity contribution in [3.63, 3.8) is 0 Å². The van der Waals surface area contributed by atoms with Crippen molar-refractivity contribution in [3.8, 4) is 0 Å². The Morgan fingerprint density at radius 1 is 1.35 bits per heavy atom. The molecule has 0 unspecified atom stereocenters. The van der Waals surface area contributed by atoms with Crippen LogP contribution in [0.3, 0.4) is 0 Å². The van der Waals surface area contributed by atoms with Crippen LogP contribution in [0.2, 0.25) is 0 Å².